The van der Waals surface area contributed by atoms with Gasteiger partial charge in [0.05, 0.1) is 5.69 Å². The average molecular weight is 324 g/mol. The summed E-state index contributed by atoms with van der Waals surface area (Å²) in [5, 5.41) is 2.84. The van der Waals surface area contributed by atoms with Crippen LogP contribution in [-0.2, 0) is 9.59 Å². The van der Waals surface area contributed by atoms with Crippen molar-refractivity contribution >= 4 is 23.2 Å². The summed E-state index contributed by atoms with van der Waals surface area (Å²) in [5.41, 5.74) is 1.47. The van der Waals surface area contributed by atoms with Crippen LogP contribution in [0.5, 0.6) is 5.75 Å². The van der Waals surface area contributed by atoms with Crippen molar-refractivity contribution in [1.29, 1.82) is 0 Å². The number of nitrogens with one attached hydrogen (secondary N) is 1. The molecule has 2 aromatic rings. The topological polar surface area (TPSA) is 58.6 Å². The molecule has 0 aliphatic carbocycles. The van der Waals surface area contributed by atoms with E-state index in [1.807, 2.05) is 61.5 Å². The molecule has 0 saturated heterocycles. The van der Waals surface area contributed by atoms with E-state index in [0.717, 1.165) is 11.4 Å². The maximum Gasteiger partial charge on any atom is 0.268 e. The van der Waals surface area contributed by atoms with E-state index in [-0.39, 0.29) is 18.2 Å². The van der Waals surface area contributed by atoms with Gasteiger partial charge in [-0.05, 0) is 30.7 Å². The smallest absolute Gasteiger partial charge is 0.268 e. The summed E-state index contributed by atoms with van der Waals surface area (Å²) in [5.74, 6) is 0.474. The van der Waals surface area contributed by atoms with Crippen molar-refractivity contribution in [3.63, 3.8) is 0 Å². The van der Waals surface area contributed by atoms with Crippen molar-refractivity contribution in [2.75, 3.05) is 16.8 Å². The van der Waals surface area contributed by atoms with Gasteiger partial charge in [-0.2, -0.15) is 0 Å². The van der Waals surface area contributed by atoms with Crippen LogP contribution in [0.2, 0.25) is 0 Å². The number of amides is 2. The van der Waals surface area contributed by atoms with Gasteiger partial charge in [0.1, 0.15) is 5.75 Å². The number of carbonyl (C=O) groups excluding carboxylic acids is 2. The molecule has 2 amide bonds. The Morgan fingerprint density at radius 1 is 1.12 bits per heavy atom. The van der Waals surface area contributed by atoms with E-state index in [9.17, 15) is 9.59 Å². The molecule has 2 aromatic carbocycles. The molecule has 1 atom stereocenters. The lowest BCUT2D eigenvalue weighted by Gasteiger charge is -2.33. The summed E-state index contributed by atoms with van der Waals surface area (Å²) in [6, 6.07) is 16.7. The first-order valence-corrected chi connectivity index (χ1v) is 8.11. The van der Waals surface area contributed by atoms with Crippen molar-refractivity contribution in [1.82, 2.24) is 0 Å². The second kappa shape index (κ2) is 7.17. The summed E-state index contributed by atoms with van der Waals surface area (Å²) < 4.78 is 5.73. The Hall–Kier alpha value is -2.82. The highest BCUT2D eigenvalue weighted by atomic mass is 16.5. The number of para-hydroxylation sites is 3. The van der Waals surface area contributed by atoms with Crippen molar-refractivity contribution in [3.05, 3.63) is 54.6 Å². The second-order valence-electron chi connectivity index (χ2n) is 5.64. The number of carbonyl (C=O) groups is 2. The Morgan fingerprint density at radius 3 is 2.58 bits per heavy atom. The molecule has 1 aliphatic rings. The van der Waals surface area contributed by atoms with Gasteiger partial charge in [-0.1, -0.05) is 37.3 Å². The predicted octanol–water partition coefficient (Wildman–Crippen LogP) is 3.22. The highest BCUT2D eigenvalue weighted by Crippen LogP contribution is 2.34. The third kappa shape index (κ3) is 3.40. The van der Waals surface area contributed by atoms with Crippen molar-refractivity contribution in [2.24, 2.45) is 0 Å². The SMILES string of the molecule is CCC1Oc2ccccc2N(CCC(=O)Nc2ccccc2)C1=O. The van der Waals surface area contributed by atoms with Crippen LogP contribution >= 0.6 is 0 Å². The van der Waals surface area contributed by atoms with Crippen molar-refractivity contribution < 1.29 is 14.3 Å². The molecule has 0 fully saturated rings. The van der Waals surface area contributed by atoms with Crippen LogP contribution in [0.15, 0.2) is 54.6 Å². The van der Waals surface area contributed by atoms with Crippen LogP contribution in [0, 0.1) is 0 Å². The Kier molecular flexibility index (Phi) is 4.79. The molecule has 0 radical (unpaired) electrons. The summed E-state index contributed by atoms with van der Waals surface area (Å²) >= 11 is 0. The Bertz CT molecular complexity index is 730. The highest BCUT2D eigenvalue weighted by molar-refractivity contribution is 6.01. The van der Waals surface area contributed by atoms with E-state index >= 15 is 0 Å². The third-order valence-electron chi connectivity index (χ3n) is 3.96. The number of benzene rings is 2. The minimum absolute atomic E-state index is 0.0938. The number of ether oxygens (including phenoxy) is 1. The molecule has 124 valence electrons. The highest BCUT2D eigenvalue weighted by Gasteiger charge is 2.33. The van der Waals surface area contributed by atoms with Gasteiger partial charge in [-0.15, -0.1) is 0 Å². The number of hydrogen-bond acceptors (Lipinski definition) is 3. The fraction of sp³-hybridized carbons (Fsp3) is 0.263. The van der Waals surface area contributed by atoms with Crippen LogP contribution in [0.25, 0.3) is 0 Å². The van der Waals surface area contributed by atoms with Gasteiger partial charge in [0, 0.05) is 18.7 Å². The minimum atomic E-state index is -0.489. The molecule has 0 saturated carbocycles. The normalized spacial score (nSPS) is 16.3. The summed E-state index contributed by atoms with van der Waals surface area (Å²) in [6.45, 7) is 2.24. The third-order valence-corrected chi connectivity index (χ3v) is 3.96. The number of nitrogens with zero attached hydrogens (tertiary/aromatic N) is 1. The first-order valence-electron chi connectivity index (χ1n) is 8.11. The zero-order valence-corrected chi connectivity index (χ0v) is 13.6. The molecular formula is C19H20N2O3. The van der Waals surface area contributed by atoms with Crippen molar-refractivity contribution in [3.8, 4) is 5.75 Å². The van der Waals surface area contributed by atoms with E-state index in [4.69, 9.17) is 4.74 Å². The fourth-order valence-electron chi connectivity index (χ4n) is 2.72. The summed E-state index contributed by atoms with van der Waals surface area (Å²) in [4.78, 5) is 26.4. The Morgan fingerprint density at radius 2 is 1.83 bits per heavy atom. The summed E-state index contributed by atoms with van der Waals surface area (Å²) in [7, 11) is 0. The number of fused-ring (bicyclic) bond motifs is 1. The van der Waals surface area contributed by atoms with Gasteiger partial charge in [0.2, 0.25) is 5.91 Å². The summed E-state index contributed by atoms with van der Waals surface area (Å²) in [6.07, 6.45) is 0.336. The lowest BCUT2D eigenvalue weighted by Crippen LogP contribution is -2.46. The molecule has 1 aliphatic heterocycles. The van der Waals surface area contributed by atoms with Gasteiger partial charge < -0.3 is 15.0 Å². The first-order chi connectivity index (χ1) is 11.7. The van der Waals surface area contributed by atoms with Crippen LogP contribution < -0.4 is 15.0 Å². The van der Waals surface area contributed by atoms with Crippen LogP contribution in [-0.4, -0.2) is 24.5 Å². The monoisotopic (exact) mass is 324 g/mol. The quantitative estimate of drug-likeness (QED) is 0.918. The fourth-order valence-corrected chi connectivity index (χ4v) is 2.72. The molecule has 0 spiro atoms. The zero-order valence-electron chi connectivity index (χ0n) is 13.6. The van der Waals surface area contributed by atoms with Crippen LogP contribution in [0.1, 0.15) is 19.8 Å². The molecule has 24 heavy (non-hydrogen) atoms. The molecule has 1 N–H and O–H groups in total. The van der Waals surface area contributed by atoms with Gasteiger partial charge in [0.25, 0.3) is 5.91 Å². The van der Waals surface area contributed by atoms with Gasteiger partial charge in [-0.3, -0.25) is 9.59 Å². The minimum Gasteiger partial charge on any atom is -0.478 e. The second-order valence-corrected chi connectivity index (χ2v) is 5.64. The average Bonchev–Trinajstić information content (AvgIpc) is 2.61. The number of anilines is 2. The van der Waals surface area contributed by atoms with Gasteiger partial charge in [-0.25, -0.2) is 0 Å². The van der Waals surface area contributed by atoms with E-state index in [0.29, 0.717) is 18.7 Å². The predicted molar refractivity (Wildman–Crippen MR) is 93.2 cm³/mol. The molecule has 1 heterocycles. The lowest BCUT2D eigenvalue weighted by atomic mass is 10.1. The maximum atomic E-state index is 12.6. The van der Waals surface area contributed by atoms with Crippen LogP contribution in [0.3, 0.4) is 0 Å². The lowest BCUT2D eigenvalue weighted by molar-refractivity contribution is -0.126. The molecule has 1 unspecified atom stereocenters. The van der Waals surface area contributed by atoms with E-state index in [2.05, 4.69) is 5.32 Å². The van der Waals surface area contributed by atoms with E-state index < -0.39 is 6.10 Å². The molecule has 3 rings (SSSR count). The van der Waals surface area contributed by atoms with Gasteiger partial charge in [0.15, 0.2) is 6.10 Å². The number of rotatable bonds is 5. The van der Waals surface area contributed by atoms with E-state index in [1.165, 1.54) is 0 Å². The van der Waals surface area contributed by atoms with Crippen LogP contribution in [0.4, 0.5) is 11.4 Å². The molecule has 5 nitrogen and oxygen atoms in total. The zero-order chi connectivity index (χ0) is 16.9. The standard InChI is InChI=1S/C19H20N2O3/c1-2-16-19(23)21(15-10-6-7-11-17(15)24-16)13-12-18(22)20-14-8-4-3-5-9-14/h3-11,16H,2,12-13H2,1H3,(H,20,22). The number of hydrogen-bond donors (Lipinski definition) is 1. The molecule has 0 bridgehead atoms. The molecule has 0 aromatic heterocycles. The molecule has 5 heteroatoms. The van der Waals surface area contributed by atoms with Gasteiger partial charge >= 0.3 is 0 Å². The largest absolute Gasteiger partial charge is 0.478 e. The Balaban J connectivity index is 1.69. The molecular weight excluding hydrogens is 304 g/mol. The maximum absolute atomic E-state index is 12.6. The van der Waals surface area contributed by atoms with E-state index in [1.54, 1.807) is 4.90 Å². The van der Waals surface area contributed by atoms with Crippen molar-refractivity contribution in [2.45, 2.75) is 25.9 Å². The Labute approximate surface area is 141 Å². The first kappa shape index (κ1) is 16.1.